The summed E-state index contributed by atoms with van der Waals surface area (Å²) in [5.41, 5.74) is 16.9. The van der Waals surface area contributed by atoms with Crippen LogP contribution in [0, 0.1) is 6.92 Å². The first-order valence-electron chi connectivity index (χ1n) is 5.34. The zero-order valence-corrected chi connectivity index (χ0v) is 9.40. The van der Waals surface area contributed by atoms with Gasteiger partial charge in [-0.05, 0) is 42.7 Å². The number of hydrogen-bond donors (Lipinski definition) is 2. The third-order valence-corrected chi connectivity index (χ3v) is 2.64. The molecule has 0 aromatic heterocycles. The Balaban J connectivity index is 2.30. The molecular weight excluding hydrogens is 196 g/mol. The highest BCUT2D eigenvalue weighted by Crippen LogP contribution is 2.19. The highest BCUT2D eigenvalue weighted by molar-refractivity contribution is 5.56. The van der Waals surface area contributed by atoms with Crippen molar-refractivity contribution in [3.8, 4) is 0 Å². The summed E-state index contributed by atoms with van der Waals surface area (Å²) in [6.45, 7) is 2.09. The molecule has 0 saturated heterocycles. The van der Waals surface area contributed by atoms with Crippen molar-refractivity contribution in [2.75, 3.05) is 11.5 Å². The normalized spacial score (nSPS) is 10.3. The van der Waals surface area contributed by atoms with Crippen LogP contribution in [-0.4, -0.2) is 0 Å². The fourth-order valence-corrected chi connectivity index (χ4v) is 1.82. The molecule has 4 N–H and O–H groups in total. The van der Waals surface area contributed by atoms with E-state index in [0.717, 1.165) is 23.4 Å². The van der Waals surface area contributed by atoms with E-state index in [0.29, 0.717) is 0 Å². The summed E-state index contributed by atoms with van der Waals surface area (Å²) in [7, 11) is 0. The Hall–Kier alpha value is -1.96. The van der Waals surface area contributed by atoms with Gasteiger partial charge in [0.15, 0.2) is 0 Å². The van der Waals surface area contributed by atoms with Crippen molar-refractivity contribution in [2.24, 2.45) is 0 Å². The van der Waals surface area contributed by atoms with Gasteiger partial charge in [0.1, 0.15) is 0 Å². The van der Waals surface area contributed by atoms with Crippen LogP contribution in [0.25, 0.3) is 0 Å². The van der Waals surface area contributed by atoms with E-state index in [1.165, 1.54) is 11.1 Å². The van der Waals surface area contributed by atoms with Gasteiger partial charge >= 0.3 is 0 Å². The summed E-state index contributed by atoms with van der Waals surface area (Å²) >= 11 is 0. The Morgan fingerprint density at radius 2 is 1.81 bits per heavy atom. The van der Waals surface area contributed by atoms with Crippen molar-refractivity contribution in [3.05, 3.63) is 59.2 Å². The van der Waals surface area contributed by atoms with Crippen LogP contribution in [-0.2, 0) is 6.42 Å². The quantitative estimate of drug-likeness (QED) is 0.752. The van der Waals surface area contributed by atoms with Gasteiger partial charge in [-0.25, -0.2) is 0 Å². The highest BCUT2D eigenvalue weighted by Gasteiger charge is 2.01. The van der Waals surface area contributed by atoms with E-state index in [9.17, 15) is 0 Å². The van der Waals surface area contributed by atoms with Crippen molar-refractivity contribution in [3.63, 3.8) is 0 Å². The fourth-order valence-electron chi connectivity index (χ4n) is 1.82. The highest BCUT2D eigenvalue weighted by atomic mass is 14.6. The van der Waals surface area contributed by atoms with E-state index >= 15 is 0 Å². The summed E-state index contributed by atoms with van der Waals surface area (Å²) in [6, 6.07) is 14.1. The lowest BCUT2D eigenvalue weighted by Crippen LogP contribution is -1.97. The molecule has 0 heterocycles. The van der Waals surface area contributed by atoms with Crippen LogP contribution in [0.15, 0.2) is 42.5 Å². The number of hydrogen-bond acceptors (Lipinski definition) is 2. The summed E-state index contributed by atoms with van der Waals surface area (Å²) in [6.07, 6.45) is 0.832. The van der Waals surface area contributed by atoms with Crippen molar-refractivity contribution in [1.82, 2.24) is 0 Å². The second-order valence-corrected chi connectivity index (χ2v) is 4.12. The second kappa shape index (κ2) is 4.27. The topological polar surface area (TPSA) is 52.0 Å². The van der Waals surface area contributed by atoms with Gasteiger partial charge in [-0.2, -0.15) is 0 Å². The van der Waals surface area contributed by atoms with Gasteiger partial charge in [-0.15, -0.1) is 0 Å². The maximum atomic E-state index is 5.92. The van der Waals surface area contributed by atoms with E-state index < -0.39 is 0 Å². The zero-order valence-electron chi connectivity index (χ0n) is 9.40. The maximum Gasteiger partial charge on any atom is 0.0351 e. The zero-order chi connectivity index (χ0) is 11.5. The summed E-state index contributed by atoms with van der Waals surface area (Å²) in [5, 5.41) is 0. The van der Waals surface area contributed by atoms with Crippen molar-refractivity contribution in [1.29, 1.82) is 0 Å². The first-order chi connectivity index (χ1) is 7.65. The maximum absolute atomic E-state index is 5.92. The number of anilines is 2. The molecular formula is C14H16N2. The summed E-state index contributed by atoms with van der Waals surface area (Å²) < 4.78 is 0. The SMILES string of the molecule is Cc1cccc(Cc2cc(N)ccc2N)c1. The smallest absolute Gasteiger partial charge is 0.0351 e. The predicted octanol–water partition coefficient (Wildman–Crippen LogP) is 2.75. The van der Waals surface area contributed by atoms with E-state index in [2.05, 4.69) is 31.2 Å². The molecule has 0 amide bonds. The first kappa shape index (κ1) is 10.6. The molecule has 0 aliphatic heterocycles. The van der Waals surface area contributed by atoms with Gasteiger partial charge in [0, 0.05) is 11.4 Å². The second-order valence-electron chi connectivity index (χ2n) is 4.12. The monoisotopic (exact) mass is 212 g/mol. The van der Waals surface area contributed by atoms with Gasteiger partial charge in [0.05, 0.1) is 0 Å². The average molecular weight is 212 g/mol. The minimum atomic E-state index is 0.761. The number of nitrogens with two attached hydrogens (primary N) is 2. The number of nitrogen functional groups attached to an aromatic ring is 2. The Labute approximate surface area is 95.9 Å². The van der Waals surface area contributed by atoms with E-state index in [1.807, 2.05) is 18.2 Å². The molecule has 0 bridgehead atoms. The van der Waals surface area contributed by atoms with Crippen LogP contribution in [0.2, 0.25) is 0 Å². The van der Waals surface area contributed by atoms with Crippen molar-refractivity contribution in [2.45, 2.75) is 13.3 Å². The average Bonchev–Trinajstić information content (AvgIpc) is 2.24. The molecule has 16 heavy (non-hydrogen) atoms. The molecule has 0 saturated carbocycles. The van der Waals surface area contributed by atoms with Gasteiger partial charge in [-0.1, -0.05) is 29.8 Å². The Morgan fingerprint density at radius 3 is 2.56 bits per heavy atom. The lowest BCUT2D eigenvalue weighted by Gasteiger charge is -2.07. The Kier molecular flexibility index (Phi) is 2.82. The predicted molar refractivity (Wildman–Crippen MR) is 69.3 cm³/mol. The lowest BCUT2D eigenvalue weighted by molar-refractivity contribution is 1.19. The molecule has 0 fully saturated rings. The van der Waals surface area contributed by atoms with Crippen molar-refractivity contribution < 1.29 is 0 Å². The van der Waals surface area contributed by atoms with Crippen LogP contribution >= 0.6 is 0 Å². The lowest BCUT2D eigenvalue weighted by atomic mass is 10.0. The minimum Gasteiger partial charge on any atom is -0.399 e. The summed E-state index contributed by atoms with van der Waals surface area (Å²) in [4.78, 5) is 0. The standard InChI is InChI=1S/C14H16N2/c1-10-3-2-4-11(7-10)8-12-9-13(15)5-6-14(12)16/h2-7,9H,8,15-16H2,1H3. The molecule has 2 aromatic rings. The van der Waals surface area contributed by atoms with Crippen LogP contribution in [0.3, 0.4) is 0 Å². The molecule has 2 nitrogen and oxygen atoms in total. The molecule has 0 aliphatic carbocycles. The number of rotatable bonds is 2. The molecule has 2 heteroatoms. The molecule has 2 rings (SSSR count). The van der Waals surface area contributed by atoms with Crippen LogP contribution < -0.4 is 11.5 Å². The van der Waals surface area contributed by atoms with Crippen LogP contribution in [0.5, 0.6) is 0 Å². The van der Waals surface area contributed by atoms with Gasteiger partial charge in [0.25, 0.3) is 0 Å². The minimum absolute atomic E-state index is 0.761. The first-order valence-corrected chi connectivity index (χ1v) is 5.34. The van der Waals surface area contributed by atoms with Crippen LogP contribution in [0.1, 0.15) is 16.7 Å². The van der Waals surface area contributed by atoms with Crippen LogP contribution in [0.4, 0.5) is 11.4 Å². The molecule has 82 valence electrons. The Bertz CT molecular complexity index is 504. The van der Waals surface area contributed by atoms with Gasteiger partial charge < -0.3 is 11.5 Å². The molecule has 0 unspecified atom stereocenters. The molecule has 2 aromatic carbocycles. The van der Waals surface area contributed by atoms with Gasteiger partial charge in [0.2, 0.25) is 0 Å². The van der Waals surface area contributed by atoms with Crippen molar-refractivity contribution >= 4 is 11.4 Å². The third kappa shape index (κ3) is 2.34. The van der Waals surface area contributed by atoms with E-state index in [4.69, 9.17) is 11.5 Å². The Morgan fingerprint density at radius 1 is 1.00 bits per heavy atom. The molecule has 0 spiro atoms. The largest absolute Gasteiger partial charge is 0.399 e. The fraction of sp³-hybridized carbons (Fsp3) is 0.143. The third-order valence-electron chi connectivity index (χ3n) is 2.64. The number of benzene rings is 2. The molecule has 0 aliphatic rings. The molecule has 0 atom stereocenters. The van der Waals surface area contributed by atoms with Gasteiger partial charge in [-0.3, -0.25) is 0 Å². The van der Waals surface area contributed by atoms with E-state index in [1.54, 1.807) is 0 Å². The van der Waals surface area contributed by atoms with E-state index in [-0.39, 0.29) is 0 Å². The molecule has 0 radical (unpaired) electrons. The number of aryl methyl sites for hydroxylation is 1. The summed E-state index contributed by atoms with van der Waals surface area (Å²) in [5.74, 6) is 0.